The average molecular weight is 450 g/mol. The number of rotatable bonds is 8. The fourth-order valence-corrected chi connectivity index (χ4v) is 3.21. The Hall–Kier alpha value is -2.67. The van der Waals surface area contributed by atoms with Crippen molar-refractivity contribution in [3.8, 4) is 23.0 Å². The minimum atomic E-state index is -0.153. The highest BCUT2D eigenvalue weighted by atomic mass is 79.9. The van der Waals surface area contributed by atoms with Crippen molar-refractivity contribution < 1.29 is 23.7 Å². The van der Waals surface area contributed by atoms with Gasteiger partial charge in [-0.15, -0.1) is 0 Å². The fourth-order valence-electron chi connectivity index (χ4n) is 2.72. The molecule has 0 unspecified atom stereocenters. The Morgan fingerprint density at radius 2 is 1.46 bits per heavy atom. The molecule has 7 heteroatoms. The molecule has 0 spiro atoms. The molecule has 0 saturated heterocycles. The second kappa shape index (κ2) is 9.50. The number of carbonyl (C=O) groups is 1. The van der Waals surface area contributed by atoms with Crippen molar-refractivity contribution >= 4 is 33.5 Å². The van der Waals surface area contributed by atoms with E-state index in [-0.39, 0.29) is 5.78 Å². The van der Waals surface area contributed by atoms with Crippen LogP contribution < -0.4 is 23.8 Å². The Balaban J connectivity index is 2.43. The van der Waals surface area contributed by atoms with Gasteiger partial charge >= 0.3 is 0 Å². The van der Waals surface area contributed by atoms with Gasteiger partial charge in [0, 0.05) is 19.7 Å². The minimum Gasteiger partial charge on any atom is -0.495 e. The van der Waals surface area contributed by atoms with Gasteiger partial charge in [-0.1, -0.05) is 0 Å². The quantitative estimate of drug-likeness (QED) is 0.439. The average Bonchev–Trinajstić information content (AvgIpc) is 2.71. The van der Waals surface area contributed by atoms with E-state index in [1.807, 2.05) is 19.0 Å². The molecule has 0 radical (unpaired) electrons. The van der Waals surface area contributed by atoms with Gasteiger partial charge in [0.05, 0.1) is 38.6 Å². The van der Waals surface area contributed by atoms with Gasteiger partial charge in [-0.3, -0.25) is 4.79 Å². The Morgan fingerprint density at radius 1 is 0.893 bits per heavy atom. The molecule has 0 aromatic heterocycles. The van der Waals surface area contributed by atoms with E-state index in [0.29, 0.717) is 33.0 Å². The molecule has 0 bridgehead atoms. The number of Topliss-reactive ketones (excluding diaryl/α,β-unsaturated/α-hetero) is 1. The normalized spacial score (nSPS) is 11.0. The van der Waals surface area contributed by atoms with Crippen LogP contribution in [0.1, 0.15) is 15.9 Å². The molecular weight excluding hydrogens is 426 g/mol. The van der Waals surface area contributed by atoms with Crippen molar-refractivity contribution in [2.75, 3.05) is 47.4 Å². The van der Waals surface area contributed by atoms with Crippen LogP contribution in [0.3, 0.4) is 0 Å². The highest BCUT2D eigenvalue weighted by Gasteiger charge is 2.16. The molecule has 2 rings (SSSR count). The van der Waals surface area contributed by atoms with Crippen LogP contribution in [0.5, 0.6) is 23.0 Å². The molecule has 0 fully saturated rings. The first-order chi connectivity index (χ1) is 13.4. The summed E-state index contributed by atoms with van der Waals surface area (Å²) in [5.41, 5.74) is 2.09. The molecule has 2 aromatic carbocycles. The second-order valence-electron chi connectivity index (χ2n) is 6.06. The van der Waals surface area contributed by atoms with E-state index in [1.165, 1.54) is 0 Å². The van der Waals surface area contributed by atoms with Gasteiger partial charge in [0.2, 0.25) is 5.75 Å². The lowest BCUT2D eigenvalue weighted by molar-refractivity contribution is 0.104. The molecule has 0 amide bonds. The van der Waals surface area contributed by atoms with Gasteiger partial charge in [0.1, 0.15) is 5.75 Å². The highest BCUT2D eigenvalue weighted by molar-refractivity contribution is 9.12. The Morgan fingerprint density at radius 3 is 1.93 bits per heavy atom. The highest BCUT2D eigenvalue weighted by Crippen LogP contribution is 2.39. The van der Waals surface area contributed by atoms with Gasteiger partial charge in [-0.25, -0.2) is 0 Å². The summed E-state index contributed by atoms with van der Waals surface area (Å²) in [6.45, 7) is 0. The van der Waals surface area contributed by atoms with Crippen LogP contribution in [0.4, 0.5) is 5.69 Å². The zero-order chi connectivity index (χ0) is 20.8. The monoisotopic (exact) mass is 449 g/mol. The topological polar surface area (TPSA) is 57.2 Å². The molecule has 0 saturated carbocycles. The maximum atomic E-state index is 12.9. The number of hydrogen-bond donors (Lipinski definition) is 0. The Bertz CT molecular complexity index is 867. The molecule has 6 nitrogen and oxygen atoms in total. The number of carbonyl (C=O) groups excluding carboxylic acids is 1. The van der Waals surface area contributed by atoms with Crippen molar-refractivity contribution in [3.05, 3.63) is 45.9 Å². The number of benzene rings is 2. The van der Waals surface area contributed by atoms with Crippen molar-refractivity contribution in [3.63, 3.8) is 0 Å². The molecule has 0 heterocycles. The van der Waals surface area contributed by atoms with Crippen molar-refractivity contribution in [2.45, 2.75) is 0 Å². The van der Waals surface area contributed by atoms with Gasteiger partial charge in [0.25, 0.3) is 0 Å². The Labute approximate surface area is 173 Å². The van der Waals surface area contributed by atoms with Crippen LogP contribution >= 0.6 is 15.9 Å². The number of hydrogen-bond acceptors (Lipinski definition) is 6. The van der Waals surface area contributed by atoms with Gasteiger partial charge in [-0.05, 0) is 57.9 Å². The van der Waals surface area contributed by atoms with E-state index in [4.69, 9.17) is 18.9 Å². The van der Waals surface area contributed by atoms with Gasteiger partial charge in [-0.2, -0.15) is 0 Å². The largest absolute Gasteiger partial charge is 0.495 e. The SMILES string of the molecule is COc1ccc(C(=O)C(Br)=Cc2cc(OC)c(OC)c(OC)c2)cc1N(C)C. The number of allylic oxidation sites excluding steroid dienone is 1. The van der Waals surface area contributed by atoms with Gasteiger partial charge in [0.15, 0.2) is 17.3 Å². The predicted octanol–water partition coefficient (Wildman–Crippen LogP) is 4.41. The molecule has 0 aliphatic rings. The minimum absolute atomic E-state index is 0.153. The summed E-state index contributed by atoms with van der Waals surface area (Å²) < 4.78 is 21.8. The first-order valence-corrected chi connectivity index (χ1v) is 9.22. The van der Waals surface area contributed by atoms with E-state index in [0.717, 1.165) is 11.3 Å². The zero-order valence-corrected chi connectivity index (χ0v) is 18.4. The first kappa shape index (κ1) is 21.6. The molecule has 0 aliphatic carbocycles. The van der Waals surface area contributed by atoms with E-state index in [2.05, 4.69) is 15.9 Å². The third kappa shape index (κ3) is 4.59. The smallest absolute Gasteiger partial charge is 0.203 e. The first-order valence-electron chi connectivity index (χ1n) is 8.43. The van der Waals surface area contributed by atoms with Crippen LogP contribution in [0.2, 0.25) is 0 Å². The number of halogens is 1. The van der Waals surface area contributed by atoms with E-state index >= 15 is 0 Å². The Kier molecular flexibility index (Phi) is 7.34. The number of methoxy groups -OCH3 is 4. The summed E-state index contributed by atoms with van der Waals surface area (Å²) in [5, 5.41) is 0. The van der Waals surface area contributed by atoms with Crippen LogP contribution in [-0.2, 0) is 0 Å². The van der Waals surface area contributed by atoms with E-state index in [9.17, 15) is 4.79 Å². The van der Waals surface area contributed by atoms with Crippen molar-refractivity contribution in [2.24, 2.45) is 0 Å². The zero-order valence-electron chi connectivity index (χ0n) is 16.8. The molecule has 0 aliphatic heterocycles. The van der Waals surface area contributed by atoms with Crippen LogP contribution in [0.15, 0.2) is 34.8 Å². The van der Waals surface area contributed by atoms with E-state index in [1.54, 1.807) is 64.8 Å². The lowest BCUT2D eigenvalue weighted by Crippen LogP contribution is -2.11. The summed E-state index contributed by atoms with van der Waals surface area (Å²) in [6.07, 6.45) is 1.71. The standard InChI is InChI=1S/C21H24BrNO5/c1-23(2)16-12-14(7-8-17(16)25-3)20(24)15(22)9-13-10-18(26-4)21(28-6)19(11-13)27-5/h7-12H,1-6H3. The summed E-state index contributed by atoms with van der Waals surface area (Å²) in [4.78, 5) is 14.8. The van der Waals surface area contributed by atoms with Crippen molar-refractivity contribution in [1.29, 1.82) is 0 Å². The molecular formula is C21H24BrNO5. The lowest BCUT2D eigenvalue weighted by atomic mass is 10.1. The molecule has 2 aromatic rings. The fraction of sp³-hybridized carbons (Fsp3) is 0.286. The van der Waals surface area contributed by atoms with Crippen LogP contribution in [-0.4, -0.2) is 48.3 Å². The third-order valence-corrected chi connectivity index (χ3v) is 4.71. The van der Waals surface area contributed by atoms with Crippen molar-refractivity contribution in [1.82, 2.24) is 0 Å². The van der Waals surface area contributed by atoms with Crippen LogP contribution in [0, 0.1) is 0 Å². The lowest BCUT2D eigenvalue weighted by Gasteiger charge is -2.17. The summed E-state index contributed by atoms with van der Waals surface area (Å²) in [7, 11) is 10.0. The molecule has 0 N–H and O–H groups in total. The molecule has 28 heavy (non-hydrogen) atoms. The van der Waals surface area contributed by atoms with E-state index < -0.39 is 0 Å². The van der Waals surface area contributed by atoms with Gasteiger partial charge < -0.3 is 23.8 Å². The number of anilines is 1. The number of ether oxygens (including phenoxy) is 4. The van der Waals surface area contributed by atoms with Crippen LogP contribution in [0.25, 0.3) is 6.08 Å². The molecule has 150 valence electrons. The number of ketones is 1. The summed E-state index contributed by atoms with van der Waals surface area (Å²) >= 11 is 3.40. The third-order valence-electron chi connectivity index (χ3n) is 4.12. The summed E-state index contributed by atoms with van der Waals surface area (Å²) in [6, 6.07) is 8.86. The predicted molar refractivity (Wildman–Crippen MR) is 115 cm³/mol. The maximum absolute atomic E-state index is 12.9. The second-order valence-corrected chi connectivity index (χ2v) is 6.92. The maximum Gasteiger partial charge on any atom is 0.203 e. The summed E-state index contributed by atoms with van der Waals surface area (Å²) in [5.74, 6) is 2.07. The molecule has 0 atom stereocenters. The number of nitrogens with zero attached hydrogens (tertiary/aromatic N) is 1.